The van der Waals surface area contributed by atoms with Gasteiger partial charge < -0.3 is 15.0 Å². The standard InChI is InChI=1S/C18H17N5O/c1-23-15-7-9-19-11-14(15)13-5-6-17(22-18(13)23)21-16-4-2-3-12(20-16)8-10-24/h2-7,9,11,24H,8,10H2,1H3,(H,20,21,22). The van der Waals surface area contributed by atoms with Crippen molar-refractivity contribution in [1.82, 2.24) is 19.5 Å². The maximum atomic E-state index is 9.04. The second-order valence-corrected chi connectivity index (χ2v) is 5.63. The lowest BCUT2D eigenvalue weighted by atomic mass is 10.2. The average molecular weight is 319 g/mol. The number of hydrogen-bond acceptors (Lipinski definition) is 5. The summed E-state index contributed by atoms with van der Waals surface area (Å²) in [5, 5.41) is 14.4. The smallest absolute Gasteiger partial charge is 0.143 e. The van der Waals surface area contributed by atoms with E-state index < -0.39 is 0 Å². The molecule has 0 amide bonds. The van der Waals surface area contributed by atoms with E-state index in [0.717, 1.165) is 33.4 Å². The summed E-state index contributed by atoms with van der Waals surface area (Å²) in [6.45, 7) is 0.0879. The molecule has 0 bridgehead atoms. The second kappa shape index (κ2) is 5.90. The first kappa shape index (κ1) is 14.6. The molecule has 2 N–H and O–H groups in total. The summed E-state index contributed by atoms with van der Waals surface area (Å²) in [6, 6.07) is 11.7. The number of aryl methyl sites for hydroxylation is 1. The van der Waals surface area contributed by atoms with Crippen LogP contribution in [0.5, 0.6) is 0 Å². The number of hydrogen-bond donors (Lipinski definition) is 2. The van der Waals surface area contributed by atoms with E-state index in [4.69, 9.17) is 10.1 Å². The minimum absolute atomic E-state index is 0.0879. The zero-order valence-electron chi connectivity index (χ0n) is 13.3. The minimum atomic E-state index is 0.0879. The van der Waals surface area contributed by atoms with E-state index in [1.54, 1.807) is 6.20 Å². The summed E-state index contributed by atoms with van der Waals surface area (Å²) in [5.41, 5.74) is 2.85. The summed E-state index contributed by atoms with van der Waals surface area (Å²) >= 11 is 0. The molecule has 4 aromatic rings. The number of aliphatic hydroxyl groups excluding tert-OH is 1. The Labute approximate surface area is 138 Å². The molecule has 24 heavy (non-hydrogen) atoms. The fourth-order valence-electron chi connectivity index (χ4n) is 2.92. The summed E-state index contributed by atoms with van der Waals surface area (Å²) < 4.78 is 2.06. The Morgan fingerprint density at radius 1 is 1.04 bits per heavy atom. The number of aromatic nitrogens is 4. The highest BCUT2D eigenvalue weighted by atomic mass is 16.3. The summed E-state index contributed by atoms with van der Waals surface area (Å²) in [6.07, 6.45) is 4.20. The predicted molar refractivity (Wildman–Crippen MR) is 94.3 cm³/mol. The normalized spacial score (nSPS) is 11.2. The molecule has 6 nitrogen and oxygen atoms in total. The third-order valence-electron chi connectivity index (χ3n) is 4.07. The van der Waals surface area contributed by atoms with Crippen LogP contribution in [-0.4, -0.2) is 31.2 Å². The molecule has 0 fully saturated rings. The van der Waals surface area contributed by atoms with Crippen molar-refractivity contribution in [3.8, 4) is 0 Å². The molecule has 0 spiro atoms. The van der Waals surface area contributed by atoms with Crippen LogP contribution in [0.4, 0.5) is 11.6 Å². The van der Waals surface area contributed by atoms with Gasteiger partial charge in [0.1, 0.15) is 17.3 Å². The first-order valence-electron chi connectivity index (χ1n) is 7.79. The van der Waals surface area contributed by atoms with Crippen LogP contribution in [-0.2, 0) is 13.5 Å². The van der Waals surface area contributed by atoms with E-state index in [1.165, 1.54) is 0 Å². The Balaban J connectivity index is 1.74. The third kappa shape index (κ3) is 2.47. The van der Waals surface area contributed by atoms with Crippen LogP contribution in [0.25, 0.3) is 21.9 Å². The molecule has 0 radical (unpaired) electrons. The number of aliphatic hydroxyl groups is 1. The van der Waals surface area contributed by atoms with Gasteiger partial charge in [0, 0.05) is 48.9 Å². The fourth-order valence-corrected chi connectivity index (χ4v) is 2.92. The van der Waals surface area contributed by atoms with Crippen molar-refractivity contribution >= 4 is 33.6 Å². The van der Waals surface area contributed by atoms with Crippen molar-refractivity contribution in [3.05, 3.63) is 54.5 Å². The largest absolute Gasteiger partial charge is 0.396 e. The van der Waals surface area contributed by atoms with Crippen LogP contribution in [0.2, 0.25) is 0 Å². The van der Waals surface area contributed by atoms with Gasteiger partial charge in [-0.1, -0.05) is 6.07 Å². The number of rotatable bonds is 4. The van der Waals surface area contributed by atoms with E-state index in [1.807, 2.05) is 49.6 Å². The summed E-state index contributed by atoms with van der Waals surface area (Å²) in [7, 11) is 2.00. The van der Waals surface area contributed by atoms with Crippen molar-refractivity contribution in [2.24, 2.45) is 7.05 Å². The van der Waals surface area contributed by atoms with Crippen molar-refractivity contribution in [3.63, 3.8) is 0 Å². The van der Waals surface area contributed by atoms with Gasteiger partial charge in [-0.05, 0) is 30.3 Å². The lowest BCUT2D eigenvalue weighted by molar-refractivity contribution is 0.298. The van der Waals surface area contributed by atoms with E-state index >= 15 is 0 Å². The summed E-state index contributed by atoms with van der Waals surface area (Å²) in [5.74, 6) is 1.45. The van der Waals surface area contributed by atoms with E-state index in [0.29, 0.717) is 12.2 Å². The number of fused-ring (bicyclic) bond motifs is 3. The highest BCUT2D eigenvalue weighted by molar-refractivity contribution is 6.06. The molecule has 0 saturated carbocycles. The Bertz CT molecular complexity index is 1020. The van der Waals surface area contributed by atoms with Crippen LogP contribution in [0.15, 0.2) is 48.8 Å². The number of nitrogens with one attached hydrogen (secondary N) is 1. The second-order valence-electron chi connectivity index (χ2n) is 5.63. The molecule has 0 aliphatic rings. The molecule has 0 atom stereocenters. The van der Waals surface area contributed by atoms with Gasteiger partial charge in [0.2, 0.25) is 0 Å². The Morgan fingerprint density at radius 2 is 1.92 bits per heavy atom. The number of nitrogens with zero attached hydrogens (tertiary/aromatic N) is 4. The summed E-state index contributed by atoms with van der Waals surface area (Å²) in [4.78, 5) is 13.4. The van der Waals surface area contributed by atoms with Crippen LogP contribution in [0.1, 0.15) is 5.69 Å². The highest BCUT2D eigenvalue weighted by Gasteiger charge is 2.10. The maximum absolute atomic E-state index is 9.04. The molecule has 120 valence electrons. The Hall–Kier alpha value is -2.99. The maximum Gasteiger partial charge on any atom is 0.143 e. The SMILES string of the molecule is Cn1c2ccncc2c2ccc(Nc3cccc(CCO)n3)nc21. The molecule has 0 aliphatic heterocycles. The van der Waals surface area contributed by atoms with Crippen LogP contribution in [0.3, 0.4) is 0 Å². The van der Waals surface area contributed by atoms with Gasteiger partial charge in [-0.3, -0.25) is 4.98 Å². The van der Waals surface area contributed by atoms with Gasteiger partial charge in [0.25, 0.3) is 0 Å². The van der Waals surface area contributed by atoms with Gasteiger partial charge in [-0.25, -0.2) is 9.97 Å². The first-order chi connectivity index (χ1) is 11.8. The molecule has 0 saturated heterocycles. The fraction of sp³-hybridized carbons (Fsp3) is 0.167. The molecule has 0 aliphatic carbocycles. The van der Waals surface area contributed by atoms with Crippen molar-refractivity contribution in [1.29, 1.82) is 0 Å². The van der Waals surface area contributed by atoms with Crippen molar-refractivity contribution < 1.29 is 5.11 Å². The van der Waals surface area contributed by atoms with E-state index in [-0.39, 0.29) is 6.61 Å². The van der Waals surface area contributed by atoms with Crippen molar-refractivity contribution in [2.45, 2.75) is 6.42 Å². The lowest BCUT2D eigenvalue weighted by Gasteiger charge is -2.07. The van der Waals surface area contributed by atoms with Gasteiger partial charge in [0.05, 0.1) is 5.52 Å². The van der Waals surface area contributed by atoms with Crippen molar-refractivity contribution in [2.75, 3.05) is 11.9 Å². The van der Waals surface area contributed by atoms with Gasteiger partial charge in [-0.15, -0.1) is 0 Å². The van der Waals surface area contributed by atoms with Crippen LogP contribution < -0.4 is 5.32 Å². The minimum Gasteiger partial charge on any atom is -0.396 e. The lowest BCUT2D eigenvalue weighted by Crippen LogP contribution is -2.00. The number of pyridine rings is 3. The average Bonchev–Trinajstić information content (AvgIpc) is 2.89. The molecule has 0 unspecified atom stereocenters. The quantitative estimate of drug-likeness (QED) is 0.605. The predicted octanol–water partition coefficient (Wildman–Crippen LogP) is 2.79. The molecule has 4 aromatic heterocycles. The Kier molecular flexibility index (Phi) is 3.59. The van der Waals surface area contributed by atoms with Gasteiger partial charge >= 0.3 is 0 Å². The molecular formula is C18H17N5O. The highest BCUT2D eigenvalue weighted by Crippen LogP contribution is 2.27. The zero-order valence-corrected chi connectivity index (χ0v) is 13.3. The molecule has 6 heteroatoms. The number of anilines is 2. The molecule has 0 aromatic carbocycles. The monoisotopic (exact) mass is 319 g/mol. The molecule has 4 heterocycles. The molecule has 4 rings (SSSR count). The van der Waals surface area contributed by atoms with Gasteiger partial charge in [0.15, 0.2) is 0 Å². The first-order valence-corrected chi connectivity index (χ1v) is 7.79. The zero-order chi connectivity index (χ0) is 16.5. The topological polar surface area (TPSA) is 75.9 Å². The third-order valence-corrected chi connectivity index (χ3v) is 4.07. The Morgan fingerprint density at radius 3 is 2.79 bits per heavy atom. The van der Waals surface area contributed by atoms with Crippen LogP contribution >= 0.6 is 0 Å². The van der Waals surface area contributed by atoms with E-state index in [9.17, 15) is 0 Å². The van der Waals surface area contributed by atoms with E-state index in [2.05, 4.69) is 19.9 Å². The van der Waals surface area contributed by atoms with Crippen LogP contribution in [0, 0.1) is 0 Å². The molecular weight excluding hydrogens is 302 g/mol. The van der Waals surface area contributed by atoms with Gasteiger partial charge in [-0.2, -0.15) is 0 Å².